The molecule has 0 spiro atoms. The quantitative estimate of drug-likeness (QED) is 0.853. The first kappa shape index (κ1) is 14.3. The van der Waals surface area contributed by atoms with Gasteiger partial charge in [0.2, 0.25) is 11.8 Å². The molecule has 0 saturated carbocycles. The molecular weight excluding hydrogens is 268 g/mol. The molecule has 0 aromatic carbocycles. The molecule has 0 radical (unpaired) electrons. The van der Waals surface area contributed by atoms with Crippen LogP contribution < -0.4 is 5.32 Å². The summed E-state index contributed by atoms with van der Waals surface area (Å²) < 4.78 is 5.37. The summed E-state index contributed by atoms with van der Waals surface area (Å²) in [6.45, 7) is 6.41. The van der Waals surface area contributed by atoms with Crippen molar-refractivity contribution in [2.45, 2.75) is 44.6 Å². The summed E-state index contributed by atoms with van der Waals surface area (Å²) in [5.74, 6) is 2.23. The Hall–Kier alpha value is -1.69. The number of piperidine rings is 1. The van der Waals surface area contributed by atoms with Crippen LogP contribution in [-0.2, 0) is 4.79 Å². The lowest BCUT2D eigenvalue weighted by Gasteiger charge is -2.31. The Balaban J connectivity index is 1.57. The van der Waals surface area contributed by atoms with Crippen molar-refractivity contribution in [3.63, 3.8) is 0 Å². The number of carbonyl (C=O) groups excluding carboxylic acids is 1. The van der Waals surface area contributed by atoms with Crippen LogP contribution >= 0.6 is 0 Å². The van der Waals surface area contributed by atoms with Gasteiger partial charge in [-0.05, 0) is 12.8 Å². The SMILES string of the molecule is CC(C)c1noc(C2CCN(C(=O)[C@@H]3C=CCN3)CC2)n1. The van der Waals surface area contributed by atoms with Crippen LogP contribution in [0.25, 0.3) is 0 Å². The van der Waals surface area contributed by atoms with E-state index in [4.69, 9.17) is 4.52 Å². The lowest BCUT2D eigenvalue weighted by molar-refractivity contribution is -0.133. The largest absolute Gasteiger partial charge is 0.341 e. The fourth-order valence-electron chi connectivity index (χ4n) is 2.83. The Morgan fingerprint density at radius 3 is 2.76 bits per heavy atom. The van der Waals surface area contributed by atoms with Crippen LogP contribution in [-0.4, -0.2) is 46.6 Å². The highest BCUT2D eigenvalue weighted by molar-refractivity contribution is 5.84. The molecule has 0 bridgehead atoms. The van der Waals surface area contributed by atoms with Crippen molar-refractivity contribution in [3.8, 4) is 0 Å². The fraction of sp³-hybridized carbons (Fsp3) is 0.667. The average Bonchev–Trinajstić information content (AvgIpc) is 3.18. The van der Waals surface area contributed by atoms with Crippen molar-refractivity contribution >= 4 is 5.91 Å². The molecule has 1 N–H and O–H groups in total. The number of amides is 1. The number of hydrogen-bond acceptors (Lipinski definition) is 5. The highest BCUT2D eigenvalue weighted by Gasteiger charge is 2.30. The lowest BCUT2D eigenvalue weighted by Crippen LogP contribution is -2.46. The van der Waals surface area contributed by atoms with Gasteiger partial charge in [-0.25, -0.2) is 0 Å². The third-order valence-corrected chi connectivity index (χ3v) is 4.18. The van der Waals surface area contributed by atoms with Gasteiger partial charge in [0, 0.05) is 31.5 Å². The van der Waals surface area contributed by atoms with Crippen LogP contribution in [0, 0.1) is 0 Å². The summed E-state index contributed by atoms with van der Waals surface area (Å²) >= 11 is 0. The van der Waals surface area contributed by atoms with Crippen LogP contribution in [0.2, 0.25) is 0 Å². The zero-order valence-electron chi connectivity index (χ0n) is 12.6. The van der Waals surface area contributed by atoms with Crippen molar-refractivity contribution in [1.29, 1.82) is 0 Å². The molecule has 21 heavy (non-hydrogen) atoms. The normalized spacial score (nSPS) is 23.2. The van der Waals surface area contributed by atoms with Gasteiger partial charge in [-0.15, -0.1) is 0 Å². The predicted molar refractivity (Wildman–Crippen MR) is 77.9 cm³/mol. The van der Waals surface area contributed by atoms with Gasteiger partial charge in [0.15, 0.2) is 5.82 Å². The lowest BCUT2D eigenvalue weighted by atomic mass is 9.96. The minimum atomic E-state index is -0.141. The molecular formula is C15H22N4O2. The van der Waals surface area contributed by atoms with Crippen molar-refractivity contribution in [3.05, 3.63) is 23.9 Å². The summed E-state index contributed by atoms with van der Waals surface area (Å²) in [4.78, 5) is 18.7. The number of likely N-dealkylation sites (tertiary alicyclic amines) is 1. The van der Waals surface area contributed by atoms with Gasteiger partial charge in [0.05, 0.1) is 0 Å². The zero-order chi connectivity index (χ0) is 14.8. The summed E-state index contributed by atoms with van der Waals surface area (Å²) in [5, 5.41) is 7.19. The van der Waals surface area contributed by atoms with Gasteiger partial charge in [0.25, 0.3) is 0 Å². The number of aromatic nitrogens is 2. The van der Waals surface area contributed by atoms with E-state index in [0.29, 0.717) is 0 Å². The summed E-state index contributed by atoms with van der Waals surface area (Å²) in [5.41, 5.74) is 0. The second-order valence-electron chi connectivity index (χ2n) is 6.06. The standard InChI is InChI=1S/C15H22N4O2/c1-10(2)13-17-14(21-18-13)11-5-8-19(9-6-11)15(20)12-4-3-7-16-12/h3-4,10-12,16H,5-9H2,1-2H3/t12-/m0/s1. The van der Waals surface area contributed by atoms with E-state index in [9.17, 15) is 4.79 Å². The summed E-state index contributed by atoms with van der Waals surface area (Å²) in [6.07, 6.45) is 5.73. The van der Waals surface area contributed by atoms with Crippen molar-refractivity contribution in [1.82, 2.24) is 20.4 Å². The average molecular weight is 290 g/mol. The molecule has 114 valence electrons. The molecule has 1 saturated heterocycles. The number of nitrogens with zero attached hydrogens (tertiary/aromatic N) is 3. The van der Waals surface area contributed by atoms with E-state index < -0.39 is 0 Å². The molecule has 3 heterocycles. The van der Waals surface area contributed by atoms with E-state index in [1.807, 2.05) is 17.1 Å². The highest BCUT2D eigenvalue weighted by Crippen LogP contribution is 2.28. The summed E-state index contributed by atoms with van der Waals surface area (Å²) in [7, 11) is 0. The smallest absolute Gasteiger partial charge is 0.243 e. The topological polar surface area (TPSA) is 71.3 Å². The Morgan fingerprint density at radius 1 is 1.43 bits per heavy atom. The maximum atomic E-state index is 12.3. The van der Waals surface area contributed by atoms with Crippen LogP contribution in [0.3, 0.4) is 0 Å². The number of hydrogen-bond donors (Lipinski definition) is 1. The molecule has 1 aromatic heterocycles. The van der Waals surface area contributed by atoms with E-state index in [1.54, 1.807) is 0 Å². The zero-order valence-corrected chi connectivity index (χ0v) is 12.6. The number of nitrogens with one attached hydrogen (secondary N) is 1. The Bertz CT molecular complexity index is 530. The first-order valence-corrected chi connectivity index (χ1v) is 7.67. The molecule has 0 aliphatic carbocycles. The minimum absolute atomic E-state index is 0.141. The van der Waals surface area contributed by atoms with E-state index in [-0.39, 0.29) is 23.8 Å². The first-order chi connectivity index (χ1) is 10.1. The first-order valence-electron chi connectivity index (χ1n) is 7.67. The van der Waals surface area contributed by atoms with E-state index >= 15 is 0 Å². The predicted octanol–water partition coefficient (Wildman–Crippen LogP) is 1.43. The maximum absolute atomic E-state index is 12.3. The molecule has 1 aromatic rings. The van der Waals surface area contributed by atoms with Crippen LogP contribution in [0.1, 0.15) is 50.2 Å². The maximum Gasteiger partial charge on any atom is 0.243 e. The van der Waals surface area contributed by atoms with Gasteiger partial charge in [0.1, 0.15) is 6.04 Å². The third-order valence-electron chi connectivity index (χ3n) is 4.18. The van der Waals surface area contributed by atoms with Gasteiger partial charge < -0.3 is 9.42 Å². The van der Waals surface area contributed by atoms with Crippen molar-refractivity contribution in [2.75, 3.05) is 19.6 Å². The van der Waals surface area contributed by atoms with Crippen LogP contribution in [0.15, 0.2) is 16.7 Å². The Kier molecular flexibility index (Phi) is 4.05. The van der Waals surface area contributed by atoms with E-state index in [0.717, 1.165) is 44.2 Å². The molecule has 3 rings (SSSR count). The molecule has 1 fully saturated rings. The van der Waals surface area contributed by atoms with Gasteiger partial charge in [-0.1, -0.05) is 31.2 Å². The third kappa shape index (κ3) is 3.00. The molecule has 1 atom stereocenters. The Labute approximate surface area is 124 Å². The molecule has 2 aliphatic heterocycles. The second-order valence-corrected chi connectivity index (χ2v) is 6.06. The number of carbonyl (C=O) groups is 1. The molecule has 6 heteroatoms. The van der Waals surface area contributed by atoms with E-state index in [1.165, 1.54) is 0 Å². The van der Waals surface area contributed by atoms with Crippen LogP contribution in [0.4, 0.5) is 0 Å². The molecule has 0 unspecified atom stereocenters. The van der Waals surface area contributed by atoms with Gasteiger partial charge >= 0.3 is 0 Å². The Morgan fingerprint density at radius 2 is 2.19 bits per heavy atom. The van der Waals surface area contributed by atoms with E-state index in [2.05, 4.69) is 29.3 Å². The molecule has 6 nitrogen and oxygen atoms in total. The molecule has 2 aliphatic rings. The van der Waals surface area contributed by atoms with Crippen molar-refractivity contribution < 1.29 is 9.32 Å². The minimum Gasteiger partial charge on any atom is -0.341 e. The fourth-order valence-corrected chi connectivity index (χ4v) is 2.83. The van der Waals surface area contributed by atoms with Gasteiger partial charge in [-0.2, -0.15) is 4.98 Å². The monoisotopic (exact) mass is 290 g/mol. The highest BCUT2D eigenvalue weighted by atomic mass is 16.5. The second kappa shape index (κ2) is 5.97. The summed E-state index contributed by atoms with van der Waals surface area (Å²) in [6, 6.07) is -0.141. The van der Waals surface area contributed by atoms with Crippen LogP contribution in [0.5, 0.6) is 0 Å². The van der Waals surface area contributed by atoms with Gasteiger partial charge in [-0.3, -0.25) is 10.1 Å². The van der Waals surface area contributed by atoms with Crippen molar-refractivity contribution in [2.24, 2.45) is 0 Å². The number of rotatable bonds is 3. The molecule has 1 amide bonds.